The largest absolute Gasteiger partial charge is 0.477 e. The van der Waals surface area contributed by atoms with Crippen molar-refractivity contribution >= 4 is 22.6 Å². The van der Waals surface area contributed by atoms with Crippen LogP contribution in [0.2, 0.25) is 0 Å². The second-order valence-electron chi connectivity index (χ2n) is 5.66. The standard InChI is InChI=1S/C16H18FN3O4/c1-2-19-8-10(16(23)24)15(22)9-5-11(17)13(6-12(9)19)20-4-3-18-7-14(20)21/h5-6,8,14,18,21H,2-4,7H2,1H3,(H,23,24). The molecule has 1 unspecified atom stereocenters. The zero-order valence-corrected chi connectivity index (χ0v) is 13.1. The Kier molecular flexibility index (Phi) is 4.25. The molecule has 1 saturated heterocycles. The predicted octanol–water partition coefficient (Wildman–Crippen LogP) is 0.587. The second-order valence-corrected chi connectivity index (χ2v) is 5.66. The molecule has 1 aliphatic heterocycles. The number of hydrogen-bond donors (Lipinski definition) is 3. The number of benzene rings is 1. The number of nitrogens with zero attached hydrogens (tertiary/aromatic N) is 2. The van der Waals surface area contributed by atoms with Gasteiger partial charge < -0.3 is 25.0 Å². The minimum Gasteiger partial charge on any atom is -0.477 e. The summed E-state index contributed by atoms with van der Waals surface area (Å²) in [6.45, 7) is 3.57. The van der Waals surface area contributed by atoms with Crippen LogP contribution in [0.15, 0.2) is 23.1 Å². The molecular formula is C16H18FN3O4. The van der Waals surface area contributed by atoms with E-state index in [1.165, 1.54) is 17.2 Å². The summed E-state index contributed by atoms with van der Waals surface area (Å²) in [4.78, 5) is 25.1. The highest BCUT2D eigenvalue weighted by Gasteiger charge is 2.24. The average molecular weight is 335 g/mol. The van der Waals surface area contributed by atoms with E-state index in [-0.39, 0.29) is 11.1 Å². The number of piperazine rings is 1. The maximum atomic E-state index is 14.6. The van der Waals surface area contributed by atoms with E-state index >= 15 is 0 Å². The number of anilines is 1. The topological polar surface area (TPSA) is 94.8 Å². The maximum absolute atomic E-state index is 14.6. The molecule has 0 spiro atoms. The highest BCUT2D eigenvalue weighted by molar-refractivity contribution is 5.93. The van der Waals surface area contributed by atoms with Gasteiger partial charge in [0, 0.05) is 37.8 Å². The van der Waals surface area contributed by atoms with Crippen LogP contribution >= 0.6 is 0 Å². The van der Waals surface area contributed by atoms with E-state index in [0.717, 1.165) is 6.07 Å². The highest BCUT2D eigenvalue weighted by atomic mass is 19.1. The van der Waals surface area contributed by atoms with E-state index in [0.29, 0.717) is 31.7 Å². The number of pyridine rings is 1. The lowest BCUT2D eigenvalue weighted by Crippen LogP contribution is -2.51. The Labute approximate surface area is 136 Å². The van der Waals surface area contributed by atoms with Gasteiger partial charge in [0.25, 0.3) is 0 Å². The molecule has 0 saturated carbocycles. The number of aliphatic hydroxyl groups is 1. The molecular weight excluding hydrogens is 317 g/mol. The summed E-state index contributed by atoms with van der Waals surface area (Å²) in [5.41, 5.74) is -0.469. The van der Waals surface area contributed by atoms with Crippen molar-refractivity contribution in [3.63, 3.8) is 0 Å². The molecule has 1 atom stereocenters. The first-order valence-corrected chi connectivity index (χ1v) is 7.69. The number of aliphatic hydroxyl groups excluding tert-OH is 1. The molecule has 3 rings (SSSR count). The zero-order chi connectivity index (χ0) is 17.4. The van der Waals surface area contributed by atoms with Crippen molar-refractivity contribution in [2.24, 2.45) is 0 Å². The number of halogens is 1. The number of carbonyl (C=O) groups is 1. The number of carboxylic acid groups (broad SMARTS) is 1. The van der Waals surface area contributed by atoms with Gasteiger partial charge in [-0.05, 0) is 19.1 Å². The fourth-order valence-corrected chi connectivity index (χ4v) is 3.00. The molecule has 1 fully saturated rings. The third-order valence-electron chi connectivity index (χ3n) is 4.25. The first-order chi connectivity index (χ1) is 11.4. The molecule has 0 amide bonds. The molecule has 1 aromatic carbocycles. The lowest BCUT2D eigenvalue weighted by Gasteiger charge is -2.34. The maximum Gasteiger partial charge on any atom is 0.341 e. The summed E-state index contributed by atoms with van der Waals surface area (Å²) < 4.78 is 16.2. The third-order valence-corrected chi connectivity index (χ3v) is 4.25. The van der Waals surface area contributed by atoms with Gasteiger partial charge in [-0.2, -0.15) is 0 Å². The highest BCUT2D eigenvalue weighted by Crippen LogP contribution is 2.27. The Morgan fingerprint density at radius 3 is 2.83 bits per heavy atom. The fourth-order valence-electron chi connectivity index (χ4n) is 3.00. The Balaban J connectivity index is 2.25. The predicted molar refractivity (Wildman–Crippen MR) is 87.0 cm³/mol. The van der Waals surface area contributed by atoms with E-state index in [2.05, 4.69) is 5.32 Å². The van der Waals surface area contributed by atoms with E-state index in [9.17, 15) is 19.1 Å². The number of aromatic nitrogens is 1. The third kappa shape index (κ3) is 2.63. The van der Waals surface area contributed by atoms with Gasteiger partial charge in [0.1, 0.15) is 17.6 Å². The number of aromatic carboxylic acids is 1. The molecule has 7 nitrogen and oxygen atoms in total. The van der Waals surface area contributed by atoms with Gasteiger partial charge in [-0.1, -0.05) is 0 Å². The number of β-amino-alcohol motifs (C(OH)–C–C–N with tert-alkyl or cyclic N) is 1. The SMILES string of the molecule is CCn1cc(C(=O)O)c(=O)c2cc(F)c(N3CCNCC3O)cc21. The summed E-state index contributed by atoms with van der Waals surface area (Å²) in [5.74, 6) is -2.00. The smallest absolute Gasteiger partial charge is 0.341 e. The molecule has 0 radical (unpaired) electrons. The number of rotatable bonds is 3. The molecule has 3 N–H and O–H groups in total. The monoisotopic (exact) mass is 335 g/mol. The Morgan fingerprint density at radius 1 is 1.46 bits per heavy atom. The number of aryl methyl sites for hydroxylation is 1. The van der Waals surface area contributed by atoms with Gasteiger partial charge in [0.05, 0.1) is 11.2 Å². The molecule has 1 aromatic heterocycles. The van der Waals surface area contributed by atoms with Gasteiger partial charge in [-0.15, -0.1) is 0 Å². The van der Waals surface area contributed by atoms with Crippen molar-refractivity contribution in [2.45, 2.75) is 19.7 Å². The van der Waals surface area contributed by atoms with Crippen molar-refractivity contribution in [3.8, 4) is 0 Å². The van der Waals surface area contributed by atoms with Crippen LogP contribution in [0.25, 0.3) is 10.9 Å². The zero-order valence-electron chi connectivity index (χ0n) is 13.1. The number of fused-ring (bicyclic) bond motifs is 1. The molecule has 0 bridgehead atoms. The number of carboxylic acids is 1. The summed E-state index contributed by atoms with van der Waals surface area (Å²) in [6, 6.07) is 2.55. The Bertz CT molecular complexity index is 865. The van der Waals surface area contributed by atoms with Crippen LogP contribution < -0.4 is 15.6 Å². The van der Waals surface area contributed by atoms with Gasteiger partial charge in [-0.3, -0.25) is 4.79 Å². The van der Waals surface area contributed by atoms with Crippen molar-refractivity contribution in [2.75, 3.05) is 24.5 Å². The lowest BCUT2D eigenvalue weighted by molar-refractivity contribution is 0.0695. The van der Waals surface area contributed by atoms with Gasteiger partial charge in [-0.25, -0.2) is 9.18 Å². The van der Waals surface area contributed by atoms with Crippen LogP contribution in [-0.2, 0) is 6.54 Å². The minimum atomic E-state index is -1.34. The van der Waals surface area contributed by atoms with E-state index in [1.807, 2.05) is 0 Å². The minimum absolute atomic E-state index is 0.0163. The quantitative estimate of drug-likeness (QED) is 0.760. The normalized spacial score (nSPS) is 18.1. The van der Waals surface area contributed by atoms with Crippen LogP contribution in [0.1, 0.15) is 17.3 Å². The van der Waals surface area contributed by atoms with Gasteiger partial charge >= 0.3 is 5.97 Å². The Hall–Kier alpha value is -2.45. The van der Waals surface area contributed by atoms with Crippen molar-refractivity contribution < 1.29 is 19.4 Å². The van der Waals surface area contributed by atoms with E-state index in [4.69, 9.17) is 5.11 Å². The molecule has 24 heavy (non-hydrogen) atoms. The van der Waals surface area contributed by atoms with E-state index in [1.54, 1.807) is 11.5 Å². The summed E-state index contributed by atoms with van der Waals surface area (Å²) >= 11 is 0. The summed E-state index contributed by atoms with van der Waals surface area (Å²) in [5, 5.41) is 22.2. The van der Waals surface area contributed by atoms with Crippen LogP contribution in [0.3, 0.4) is 0 Å². The summed E-state index contributed by atoms with van der Waals surface area (Å²) in [6.07, 6.45) is 0.397. The molecule has 2 heterocycles. The van der Waals surface area contributed by atoms with Crippen LogP contribution in [-0.4, -0.2) is 46.6 Å². The first kappa shape index (κ1) is 16.4. The number of nitrogens with one attached hydrogen (secondary N) is 1. The molecule has 0 aliphatic carbocycles. The first-order valence-electron chi connectivity index (χ1n) is 7.69. The van der Waals surface area contributed by atoms with Crippen molar-refractivity contribution in [1.82, 2.24) is 9.88 Å². The summed E-state index contributed by atoms with van der Waals surface area (Å²) in [7, 11) is 0. The fraction of sp³-hybridized carbons (Fsp3) is 0.375. The van der Waals surface area contributed by atoms with Gasteiger partial charge in [0.15, 0.2) is 0 Å². The molecule has 1 aliphatic rings. The van der Waals surface area contributed by atoms with E-state index < -0.39 is 29.0 Å². The van der Waals surface area contributed by atoms with Crippen molar-refractivity contribution in [3.05, 3.63) is 39.9 Å². The molecule has 8 heteroatoms. The molecule has 128 valence electrons. The van der Waals surface area contributed by atoms with Crippen LogP contribution in [0, 0.1) is 5.82 Å². The Morgan fingerprint density at radius 2 is 2.21 bits per heavy atom. The lowest BCUT2D eigenvalue weighted by atomic mass is 10.1. The van der Waals surface area contributed by atoms with Gasteiger partial charge in [0.2, 0.25) is 5.43 Å². The average Bonchev–Trinajstić information content (AvgIpc) is 2.55. The van der Waals surface area contributed by atoms with Crippen molar-refractivity contribution in [1.29, 1.82) is 0 Å². The van der Waals surface area contributed by atoms with Crippen LogP contribution in [0.5, 0.6) is 0 Å². The second kappa shape index (κ2) is 6.21. The number of hydrogen-bond acceptors (Lipinski definition) is 5. The molecule has 2 aromatic rings. The van der Waals surface area contributed by atoms with Crippen LogP contribution in [0.4, 0.5) is 10.1 Å².